The van der Waals surface area contributed by atoms with Crippen LogP contribution in [0.15, 0.2) is 65.3 Å². The minimum atomic E-state index is 0. The normalized spacial score (nSPS) is 12.4. The van der Waals surface area contributed by atoms with E-state index < -0.39 is 0 Å². The van der Waals surface area contributed by atoms with Crippen LogP contribution >= 0.6 is 24.8 Å². The van der Waals surface area contributed by atoms with Gasteiger partial charge in [0.05, 0.1) is 20.8 Å². The molecule has 0 saturated heterocycles. The molecule has 2 aromatic heterocycles. The van der Waals surface area contributed by atoms with Gasteiger partial charge in [-0.05, 0) is 48.5 Å². The van der Waals surface area contributed by atoms with E-state index in [-0.39, 0.29) is 24.8 Å². The van der Waals surface area contributed by atoms with Gasteiger partial charge in [0.1, 0.15) is 23.0 Å². The fourth-order valence-electron chi connectivity index (χ4n) is 3.66. The zero-order chi connectivity index (χ0) is 20.5. The first-order valence-electron chi connectivity index (χ1n) is 9.80. The maximum absolute atomic E-state index is 6.32. The van der Waals surface area contributed by atoms with Crippen molar-refractivity contribution in [3.05, 3.63) is 66.7 Å². The Morgan fingerprint density at radius 3 is 2.09 bits per heavy atom. The molecule has 0 radical (unpaired) electrons. The number of aromatic nitrogens is 3. The molecule has 0 aliphatic carbocycles. The summed E-state index contributed by atoms with van der Waals surface area (Å²) in [7, 11) is 3.32. The van der Waals surface area contributed by atoms with E-state index >= 15 is 0 Å². The van der Waals surface area contributed by atoms with Crippen molar-refractivity contribution in [1.29, 1.82) is 0 Å². The van der Waals surface area contributed by atoms with Crippen LogP contribution in [0, 0.1) is 0 Å². The number of fused-ring (bicyclic) bond motifs is 1. The molecule has 0 spiro atoms. The standard InChI is InChI=1S/C23H22N4O3.2ClH/c1-28-18-7-3-16(4-8-18)21-22(17-5-9-19(29-2)10-6-17)30-23(25-21)27-14-13-26-12-11-24-20(26)15-27;;/h3-12H,13-15H2,1-2H3;2*1H. The number of methoxy groups -OCH3 is 2. The van der Waals surface area contributed by atoms with Gasteiger partial charge in [0.2, 0.25) is 0 Å². The molecule has 3 heterocycles. The summed E-state index contributed by atoms with van der Waals surface area (Å²) < 4.78 is 19.1. The third-order valence-electron chi connectivity index (χ3n) is 5.35. The third kappa shape index (κ3) is 4.40. The molecule has 9 heteroatoms. The van der Waals surface area contributed by atoms with Crippen LogP contribution in [0.3, 0.4) is 0 Å². The van der Waals surface area contributed by atoms with Crippen molar-refractivity contribution in [2.75, 3.05) is 25.7 Å². The summed E-state index contributed by atoms with van der Waals surface area (Å²) >= 11 is 0. The summed E-state index contributed by atoms with van der Waals surface area (Å²) in [5, 5.41) is 0. The first-order valence-corrected chi connectivity index (χ1v) is 9.80. The smallest absolute Gasteiger partial charge is 0.298 e. The molecule has 0 bridgehead atoms. The number of halogens is 2. The molecule has 168 valence electrons. The summed E-state index contributed by atoms with van der Waals surface area (Å²) in [6.07, 6.45) is 3.84. The highest BCUT2D eigenvalue weighted by Crippen LogP contribution is 2.37. The van der Waals surface area contributed by atoms with Crippen molar-refractivity contribution in [2.24, 2.45) is 0 Å². The van der Waals surface area contributed by atoms with Crippen LogP contribution in [-0.4, -0.2) is 35.3 Å². The van der Waals surface area contributed by atoms with Crippen molar-refractivity contribution in [1.82, 2.24) is 14.5 Å². The van der Waals surface area contributed by atoms with E-state index in [0.717, 1.165) is 53.0 Å². The molecular weight excluding hydrogens is 451 g/mol. The molecule has 2 aromatic carbocycles. The summed E-state index contributed by atoms with van der Waals surface area (Å²) in [5.74, 6) is 3.34. The van der Waals surface area contributed by atoms with Crippen LogP contribution in [0.2, 0.25) is 0 Å². The van der Waals surface area contributed by atoms with Gasteiger partial charge in [0.15, 0.2) is 5.76 Å². The lowest BCUT2D eigenvalue weighted by molar-refractivity contribution is 0.414. The molecule has 0 fully saturated rings. The maximum atomic E-state index is 6.32. The van der Waals surface area contributed by atoms with E-state index in [0.29, 0.717) is 12.6 Å². The SMILES string of the molecule is COc1ccc(-c2nc(N3CCn4ccnc4C3)oc2-c2ccc(OC)cc2)cc1.Cl.Cl. The Morgan fingerprint density at radius 2 is 1.47 bits per heavy atom. The summed E-state index contributed by atoms with van der Waals surface area (Å²) in [5.41, 5.74) is 2.71. The van der Waals surface area contributed by atoms with Crippen LogP contribution < -0.4 is 14.4 Å². The second-order valence-electron chi connectivity index (χ2n) is 7.09. The van der Waals surface area contributed by atoms with E-state index in [1.165, 1.54) is 0 Å². The van der Waals surface area contributed by atoms with E-state index in [9.17, 15) is 0 Å². The molecular formula is C23H24Cl2N4O3. The summed E-state index contributed by atoms with van der Waals surface area (Å²) in [6.45, 7) is 2.33. The molecule has 0 saturated carbocycles. The summed E-state index contributed by atoms with van der Waals surface area (Å²) in [4.78, 5) is 11.5. The number of rotatable bonds is 5. The second kappa shape index (κ2) is 9.97. The fourth-order valence-corrected chi connectivity index (χ4v) is 3.66. The van der Waals surface area contributed by atoms with Gasteiger partial charge in [0.25, 0.3) is 6.01 Å². The Hall–Kier alpha value is -3.16. The molecule has 0 unspecified atom stereocenters. The lowest BCUT2D eigenvalue weighted by atomic mass is 10.1. The summed E-state index contributed by atoms with van der Waals surface area (Å²) in [6, 6.07) is 16.3. The molecule has 4 aromatic rings. The molecule has 0 N–H and O–H groups in total. The third-order valence-corrected chi connectivity index (χ3v) is 5.35. The van der Waals surface area contributed by atoms with Gasteiger partial charge in [-0.2, -0.15) is 4.98 Å². The minimum absolute atomic E-state index is 0. The molecule has 1 aliphatic heterocycles. The van der Waals surface area contributed by atoms with Crippen molar-refractivity contribution in [3.8, 4) is 34.1 Å². The van der Waals surface area contributed by atoms with Crippen LogP contribution in [0.4, 0.5) is 6.01 Å². The highest BCUT2D eigenvalue weighted by molar-refractivity contribution is 5.85. The number of hydrogen-bond acceptors (Lipinski definition) is 6. The van der Waals surface area contributed by atoms with Crippen LogP contribution in [-0.2, 0) is 13.1 Å². The Morgan fingerprint density at radius 1 is 0.844 bits per heavy atom. The Bertz CT molecular complexity index is 1090. The number of imidazole rings is 1. The van der Waals surface area contributed by atoms with Gasteiger partial charge in [-0.15, -0.1) is 24.8 Å². The number of ether oxygens (including phenoxy) is 2. The lowest BCUT2D eigenvalue weighted by Crippen LogP contribution is -2.33. The zero-order valence-electron chi connectivity index (χ0n) is 17.7. The highest BCUT2D eigenvalue weighted by Gasteiger charge is 2.24. The van der Waals surface area contributed by atoms with Crippen LogP contribution in [0.25, 0.3) is 22.6 Å². The van der Waals surface area contributed by atoms with E-state index in [1.54, 1.807) is 14.2 Å². The van der Waals surface area contributed by atoms with E-state index in [4.69, 9.17) is 18.9 Å². The number of anilines is 1. The number of benzene rings is 2. The van der Waals surface area contributed by atoms with Gasteiger partial charge in [-0.25, -0.2) is 4.98 Å². The first-order chi connectivity index (χ1) is 14.7. The largest absolute Gasteiger partial charge is 0.497 e. The predicted octanol–water partition coefficient (Wildman–Crippen LogP) is 5.09. The second-order valence-corrected chi connectivity index (χ2v) is 7.09. The van der Waals surface area contributed by atoms with E-state index in [2.05, 4.69) is 14.5 Å². The van der Waals surface area contributed by atoms with E-state index in [1.807, 2.05) is 60.9 Å². The van der Waals surface area contributed by atoms with Crippen LogP contribution in [0.5, 0.6) is 11.5 Å². The number of hydrogen-bond donors (Lipinski definition) is 0. The molecule has 0 atom stereocenters. The Balaban J connectivity index is 0.00000144. The van der Waals surface area contributed by atoms with Crippen molar-refractivity contribution >= 4 is 30.8 Å². The van der Waals surface area contributed by atoms with Gasteiger partial charge >= 0.3 is 0 Å². The van der Waals surface area contributed by atoms with Gasteiger partial charge in [0, 0.05) is 36.6 Å². The zero-order valence-corrected chi connectivity index (χ0v) is 19.4. The molecule has 0 amide bonds. The molecule has 1 aliphatic rings. The average molecular weight is 475 g/mol. The van der Waals surface area contributed by atoms with Crippen molar-refractivity contribution < 1.29 is 13.9 Å². The highest BCUT2D eigenvalue weighted by atomic mass is 35.5. The fraction of sp³-hybridized carbons (Fsp3) is 0.217. The Kier molecular flexibility index (Phi) is 7.33. The quantitative estimate of drug-likeness (QED) is 0.401. The van der Waals surface area contributed by atoms with Gasteiger partial charge in [-0.3, -0.25) is 0 Å². The number of oxazole rings is 1. The number of nitrogens with zero attached hydrogens (tertiary/aromatic N) is 4. The molecule has 7 nitrogen and oxygen atoms in total. The van der Waals surface area contributed by atoms with Crippen LogP contribution in [0.1, 0.15) is 5.82 Å². The lowest BCUT2D eigenvalue weighted by Gasteiger charge is -2.26. The minimum Gasteiger partial charge on any atom is -0.497 e. The van der Waals surface area contributed by atoms with Crippen molar-refractivity contribution in [2.45, 2.75) is 13.1 Å². The molecule has 32 heavy (non-hydrogen) atoms. The maximum Gasteiger partial charge on any atom is 0.298 e. The Labute approximate surface area is 198 Å². The first kappa shape index (κ1) is 23.5. The van der Waals surface area contributed by atoms with Gasteiger partial charge < -0.3 is 23.4 Å². The van der Waals surface area contributed by atoms with Crippen molar-refractivity contribution in [3.63, 3.8) is 0 Å². The molecule has 5 rings (SSSR count). The van der Waals surface area contributed by atoms with Gasteiger partial charge in [-0.1, -0.05) is 0 Å². The topological polar surface area (TPSA) is 65.5 Å². The predicted molar refractivity (Wildman–Crippen MR) is 128 cm³/mol. The monoisotopic (exact) mass is 474 g/mol. The average Bonchev–Trinajstić information content (AvgIpc) is 3.46.